The Morgan fingerprint density at radius 2 is 1.77 bits per heavy atom. The number of morpholine rings is 1. The zero-order chi connectivity index (χ0) is 20.5. The average Bonchev–Trinajstić information content (AvgIpc) is 3.24. The summed E-state index contributed by atoms with van der Waals surface area (Å²) in [4.78, 5) is 13.4. The molecule has 30 heavy (non-hydrogen) atoms. The highest BCUT2D eigenvalue weighted by molar-refractivity contribution is 6.32. The van der Waals surface area contributed by atoms with Crippen molar-refractivity contribution in [3.8, 4) is 5.82 Å². The second-order valence-corrected chi connectivity index (χ2v) is 7.54. The molecule has 1 saturated heterocycles. The van der Waals surface area contributed by atoms with Crippen LogP contribution in [0.2, 0.25) is 5.02 Å². The first-order chi connectivity index (χ1) is 14.7. The van der Waals surface area contributed by atoms with Gasteiger partial charge in [0.05, 0.1) is 31.1 Å². The topological polar surface area (TPSA) is 59.3 Å². The number of ether oxygens (including phenoxy) is 1. The molecule has 5 rings (SSSR count). The molecular formula is C22H21ClN6O. The van der Waals surface area contributed by atoms with E-state index in [1.54, 1.807) is 10.9 Å². The van der Waals surface area contributed by atoms with Gasteiger partial charge in [0, 0.05) is 36.9 Å². The molecule has 8 heteroatoms. The first-order valence-electron chi connectivity index (χ1n) is 9.83. The molecule has 2 aromatic carbocycles. The Balaban J connectivity index is 1.45. The van der Waals surface area contributed by atoms with Crippen LogP contribution in [0.1, 0.15) is 0 Å². The Labute approximate surface area is 179 Å². The molecule has 4 aromatic rings. The van der Waals surface area contributed by atoms with Gasteiger partial charge in [-0.25, -0.2) is 9.67 Å². The van der Waals surface area contributed by atoms with Crippen LogP contribution in [0.3, 0.4) is 0 Å². The van der Waals surface area contributed by atoms with Gasteiger partial charge >= 0.3 is 0 Å². The van der Waals surface area contributed by atoms with Crippen molar-refractivity contribution in [2.75, 3.05) is 43.2 Å². The van der Waals surface area contributed by atoms with E-state index in [-0.39, 0.29) is 0 Å². The molecule has 1 fully saturated rings. The molecule has 1 aliphatic heterocycles. The lowest BCUT2D eigenvalue weighted by molar-refractivity contribution is 0.122. The molecule has 2 aromatic heterocycles. The van der Waals surface area contributed by atoms with Crippen LogP contribution in [0, 0.1) is 0 Å². The standard InChI is InChI=1S/C22H21ClN6O/c1-27(17-6-8-18(9-7-17)28-10-12-30-13-11-28)22-24-15-19(23)21(26-22)29-20-5-3-2-4-16(20)14-25-29/h2-9,14-15H,10-13H2,1H3. The molecule has 0 spiro atoms. The zero-order valence-electron chi connectivity index (χ0n) is 16.6. The summed E-state index contributed by atoms with van der Waals surface area (Å²) in [5.41, 5.74) is 3.13. The summed E-state index contributed by atoms with van der Waals surface area (Å²) in [6.07, 6.45) is 3.43. The maximum atomic E-state index is 6.43. The minimum absolute atomic E-state index is 0.448. The zero-order valence-corrected chi connectivity index (χ0v) is 17.3. The van der Waals surface area contributed by atoms with Gasteiger partial charge in [-0.1, -0.05) is 29.8 Å². The predicted molar refractivity (Wildman–Crippen MR) is 119 cm³/mol. The van der Waals surface area contributed by atoms with E-state index < -0.39 is 0 Å². The second-order valence-electron chi connectivity index (χ2n) is 7.13. The average molecular weight is 421 g/mol. The van der Waals surface area contributed by atoms with Gasteiger partial charge < -0.3 is 14.5 Å². The van der Waals surface area contributed by atoms with Crippen LogP contribution in [0.15, 0.2) is 60.9 Å². The van der Waals surface area contributed by atoms with E-state index in [0.717, 1.165) is 42.9 Å². The van der Waals surface area contributed by atoms with Crippen molar-refractivity contribution in [2.45, 2.75) is 0 Å². The van der Waals surface area contributed by atoms with E-state index in [9.17, 15) is 0 Å². The highest BCUT2D eigenvalue weighted by Gasteiger charge is 2.16. The quantitative estimate of drug-likeness (QED) is 0.496. The number of rotatable bonds is 4. The van der Waals surface area contributed by atoms with Crippen molar-refractivity contribution in [3.63, 3.8) is 0 Å². The molecule has 0 bridgehead atoms. The van der Waals surface area contributed by atoms with Crippen LogP contribution in [-0.2, 0) is 4.74 Å². The number of fused-ring (bicyclic) bond motifs is 1. The summed E-state index contributed by atoms with van der Waals surface area (Å²) in [6.45, 7) is 3.36. The Hall–Kier alpha value is -3.16. The van der Waals surface area contributed by atoms with Crippen molar-refractivity contribution in [1.29, 1.82) is 0 Å². The third kappa shape index (κ3) is 3.46. The fourth-order valence-corrected chi connectivity index (χ4v) is 3.79. The van der Waals surface area contributed by atoms with Crippen LogP contribution in [0.25, 0.3) is 16.7 Å². The van der Waals surface area contributed by atoms with Crippen molar-refractivity contribution in [3.05, 3.63) is 65.9 Å². The number of nitrogens with zero attached hydrogens (tertiary/aromatic N) is 6. The van der Waals surface area contributed by atoms with E-state index in [2.05, 4.69) is 39.2 Å². The lowest BCUT2D eigenvalue weighted by atomic mass is 10.2. The minimum Gasteiger partial charge on any atom is -0.378 e. The molecule has 7 nitrogen and oxygen atoms in total. The third-order valence-corrected chi connectivity index (χ3v) is 5.57. The second kappa shape index (κ2) is 7.93. The van der Waals surface area contributed by atoms with Gasteiger partial charge in [0.25, 0.3) is 0 Å². The summed E-state index contributed by atoms with van der Waals surface area (Å²) < 4.78 is 7.18. The van der Waals surface area contributed by atoms with Gasteiger partial charge in [0.1, 0.15) is 5.02 Å². The summed E-state index contributed by atoms with van der Waals surface area (Å²) in [5.74, 6) is 1.10. The number of benzene rings is 2. The normalized spacial score (nSPS) is 14.3. The molecule has 0 amide bonds. The van der Waals surface area contributed by atoms with E-state index in [0.29, 0.717) is 16.8 Å². The summed E-state index contributed by atoms with van der Waals surface area (Å²) in [6, 6.07) is 16.3. The molecule has 1 aliphatic rings. The summed E-state index contributed by atoms with van der Waals surface area (Å²) >= 11 is 6.43. The van der Waals surface area contributed by atoms with Crippen LogP contribution in [0.4, 0.5) is 17.3 Å². The molecule has 152 valence electrons. The smallest absolute Gasteiger partial charge is 0.231 e. The third-order valence-electron chi connectivity index (χ3n) is 5.30. The molecule has 0 saturated carbocycles. The van der Waals surface area contributed by atoms with Gasteiger partial charge in [-0.15, -0.1) is 0 Å². The monoisotopic (exact) mass is 420 g/mol. The maximum Gasteiger partial charge on any atom is 0.231 e. The number of hydrogen-bond acceptors (Lipinski definition) is 6. The summed E-state index contributed by atoms with van der Waals surface area (Å²) in [7, 11) is 1.94. The lowest BCUT2D eigenvalue weighted by Gasteiger charge is -2.29. The highest BCUT2D eigenvalue weighted by atomic mass is 35.5. The van der Waals surface area contributed by atoms with Gasteiger partial charge in [-0.2, -0.15) is 10.1 Å². The van der Waals surface area contributed by atoms with Crippen molar-refractivity contribution >= 4 is 39.8 Å². The first kappa shape index (κ1) is 18.8. The molecule has 0 unspecified atom stereocenters. The number of hydrogen-bond donors (Lipinski definition) is 0. The van der Waals surface area contributed by atoms with Crippen molar-refractivity contribution in [2.24, 2.45) is 0 Å². The number of aromatic nitrogens is 4. The molecule has 0 aliphatic carbocycles. The van der Waals surface area contributed by atoms with Gasteiger partial charge in [0.15, 0.2) is 5.82 Å². The van der Waals surface area contributed by atoms with Crippen molar-refractivity contribution in [1.82, 2.24) is 19.7 Å². The Morgan fingerprint density at radius 3 is 2.57 bits per heavy atom. The first-order valence-corrected chi connectivity index (χ1v) is 10.2. The van der Waals surface area contributed by atoms with Gasteiger partial charge in [-0.3, -0.25) is 0 Å². The number of para-hydroxylation sites is 1. The van der Waals surface area contributed by atoms with E-state index in [1.165, 1.54) is 5.69 Å². The molecule has 0 N–H and O–H groups in total. The van der Waals surface area contributed by atoms with E-state index >= 15 is 0 Å². The van der Waals surface area contributed by atoms with Crippen LogP contribution < -0.4 is 9.80 Å². The Bertz CT molecular complexity index is 1170. The predicted octanol–water partition coefficient (Wildman–Crippen LogP) is 4.07. The fourth-order valence-electron chi connectivity index (χ4n) is 3.62. The molecule has 0 radical (unpaired) electrons. The number of halogens is 1. The summed E-state index contributed by atoms with van der Waals surface area (Å²) in [5, 5.41) is 5.95. The fraction of sp³-hybridized carbons (Fsp3) is 0.227. The minimum atomic E-state index is 0.448. The highest BCUT2D eigenvalue weighted by Crippen LogP contribution is 2.28. The maximum absolute atomic E-state index is 6.43. The SMILES string of the molecule is CN(c1ccc(N2CCOCC2)cc1)c1ncc(Cl)c(-n2ncc3ccccc32)n1. The Kier molecular flexibility index (Phi) is 4.98. The van der Waals surface area contributed by atoms with Gasteiger partial charge in [0.2, 0.25) is 5.95 Å². The van der Waals surface area contributed by atoms with Crippen LogP contribution in [-0.4, -0.2) is 53.1 Å². The molecule has 3 heterocycles. The van der Waals surface area contributed by atoms with Gasteiger partial charge in [-0.05, 0) is 30.3 Å². The van der Waals surface area contributed by atoms with Crippen molar-refractivity contribution < 1.29 is 4.74 Å². The molecular weight excluding hydrogens is 400 g/mol. The molecule has 0 atom stereocenters. The Morgan fingerprint density at radius 1 is 1.00 bits per heavy atom. The van der Waals surface area contributed by atoms with Crippen LogP contribution >= 0.6 is 11.6 Å². The van der Waals surface area contributed by atoms with Crippen LogP contribution in [0.5, 0.6) is 0 Å². The van der Waals surface area contributed by atoms with E-state index in [1.807, 2.05) is 42.4 Å². The number of anilines is 3. The largest absolute Gasteiger partial charge is 0.378 e. The van der Waals surface area contributed by atoms with E-state index in [4.69, 9.17) is 21.3 Å². The lowest BCUT2D eigenvalue weighted by Crippen LogP contribution is -2.36.